The van der Waals surface area contributed by atoms with Crippen molar-refractivity contribution in [3.05, 3.63) is 0 Å². The minimum atomic E-state index is -1.45. The summed E-state index contributed by atoms with van der Waals surface area (Å²) in [5.74, 6) is -1.36. The summed E-state index contributed by atoms with van der Waals surface area (Å²) in [5.41, 5.74) is -1.42. The molecule has 21 heavy (non-hydrogen) atoms. The Kier molecular flexibility index (Phi) is 7.46. The van der Waals surface area contributed by atoms with Crippen molar-refractivity contribution in [3.8, 4) is 0 Å². The Balaban J connectivity index is 5.19. The van der Waals surface area contributed by atoms with Gasteiger partial charge in [-0.3, -0.25) is 9.59 Å². The van der Waals surface area contributed by atoms with Crippen LogP contribution in [0.25, 0.3) is 0 Å². The second-order valence-corrected chi connectivity index (χ2v) is 8.31. The van der Waals surface area contributed by atoms with Gasteiger partial charge in [-0.1, -0.05) is 11.7 Å². The van der Waals surface area contributed by atoms with Crippen LogP contribution in [0.3, 0.4) is 0 Å². The van der Waals surface area contributed by atoms with E-state index in [0.29, 0.717) is 0 Å². The van der Waals surface area contributed by atoms with Crippen molar-refractivity contribution in [2.24, 2.45) is 0 Å². The monoisotopic (exact) mass is 338 g/mol. The molecule has 0 fully saturated rings. The first-order valence-electron chi connectivity index (χ1n) is 6.21. The van der Waals surface area contributed by atoms with Gasteiger partial charge in [0, 0.05) is 0 Å². The maximum absolute atomic E-state index is 12.1. The van der Waals surface area contributed by atoms with E-state index in [9.17, 15) is 14.4 Å². The first-order chi connectivity index (χ1) is 9.35. The number of esters is 2. The predicted octanol–water partition coefficient (Wildman–Crippen LogP) is 2.43. The molecule has 0 saturated heterocycles. The van der Waals surface area contributed by atoms with Gasteiger partial charge in [-0.05, 0) is 41.5 Å². The van der Waals surface area contributed by atoms with Crippen LogP contribution in [0.5, 0.6) is 0 Å². The van der Waals surface area contributed by atoms with Crippen LogP contribution >= 0.6 is 21.5 Å². The highest BCUT2D eigenvalue weighted by Gasteiger charge is 2.27. The number of hydrogen-bond acceptors (Lipinski definition) is 7. The van der Waals surface area contributed by atoms with E-state index in [0.717, 1.165) is 0 Å². The van der Waals surface area contributed by atoms with E-state index >= 15 is 0 Å². The van der Waals surface area contributed by atoms with Crippen molar-refractivity contribution in [2.45, 2.75) is 59.2 Å². The largest absolute Gasteiger partial charge is 0.460 e. The van der Waals surface area contributed by atoms with Crippen molar-refractivity contribution in [1.29, 1.82) is 0 Å². The fraction of sp³-hybridized carbons (Fsp3) is 0.692. The van der Waals surface area contributed by atoms with Gasteiger partial charge in [0.2, 0.25) is 0 Å². The summed E-state index contributed by atoms with van der Waals surface area (Å²) in [4.78, 5) is 34.2. The number of carbonyl (C=O) groups excluding carboxylic acids is 3. The van der Waals surface area contributed by atoms with Crippen molar-refractivity contribution in [2.75, 3.05) is 0 Å². The molecular formula is C13H22O6S2. The summed E-state index contributed by atoms with van der Waals surface area (Å²) in [6, 6.07) is 0. The zero-order chi connectivity index (χ0) is 16.8. The van der Waals surface area contributed by atoms with E-state index < -0.39 is 32.9 Å². The van der Waals surface area contributed by atoms with Crippen LogP contribution in [0.4, 0.5) is 0 Å². The fourth-order valence-corrected chi connectivity index (χ4v) is 2.28. The van der Waals surface area contributed by atoms with Gasteiger partial charge in [0.1, 0.15) is 16.1 Å². The van der Waals surface area contributed by atoms with Gasteiger partial charge in [0.15, 0.2) is 0 Å². The lowest BCUT2D eigenvalue weighted by molar-refractivity contribution is -0.155. The first kappa shape index (κ1) is 20.0. The highest BCUT2D eigenvalue weighted by molar-refractivity contribution is 8.75. The molecule has 1 atom stereocenters. The smallest absolute Gasteiger partial charge is 0.344 e. The molecule has 0 aliphatic carbocycles. The summed E-state index contributed by atoms with van der Waals surface area (Å²) in [7, 11) is -1.45. The Labute approximate surface area is 132 Å². The standard InChI is InChI=1S/C13H22O6S2/c1-12(2,3)18-10(15)7-9(21(20)17-8-14)11(16)19-13(4,5)6/h8,20H,7H2,1-6H3. The lowest BCUT2D eigenvalue weighted by atomic mass is 10.2. The minimum absolute atomic E-state index is 0.0605. The molecule has 0 radical (unpaired) electrons. The van der Waals surface area contributed by atoms with Crippen molar-refractivity contribution in [3.63, 3.8) is 0 Å². The van der Waals surface area contributed by atoms with Crippen molar-refractivity contribution >= 4 is 44.7 Å². The molecule has 1 unspecified atom stereocenters. The van der Waals surface area contributed by atoms with Gasteiger partial charge in [0.05, 0.1) is 16.2 Å². The molecule has 0 aromatic heterocycles. The van der Waals surface area contributed by atoms with Crippen LogP contribution < -0.4 is 0 Å². The average molecular weight is 338 g/mol. The van der Waals surface area contributed by atoms with E-state index in [1.807, 2.05) is 0 Å². The van der Waals surface area contributed by atoms with Gasteiger partial charge in [-0.2, -0.15) is 0 Å². The summed E-state index contributed by atoms with van der Waals surface area (Å²) < 4.78 is 14.9. The Morgan fingerprint density at radius 1 is 1.05 bits per heavy atom. The van der Waals surface area contributed by atoms with E-state index in [1.54, 1.807) is 41.5 Å². The second-order valence-electron chi connectivity index (χ2n) is 6.13. The topological polar surface area (TPSA) is 78.9 Å². The van der Waals surface area contributed by atoms with Gasteiger partial charge >= 0.3 is 18.4 Å². The Morgan fingerprint density at radius 3 is 1.90 bits per heavy atom. The van der Waals surface area contributed by atoms with Gasteiger partial charge in [-0.15, -0.1) is 0 Å². The molecule has 0 aromatic rings. The lowest BCUT2D eigenvalue weighted by Gasteiger charge is -2.22. The SMILES string of the molecule is CC(C)(C)OC(=O)C/C(C(=O)OC(C)(C)C)=S(/S)OC=O. The van der Waals surface area contributed by atoms with Gasteiger partial charge in [0.25, 0.3) is 0 Å². The fourth-order valence-electron chi connectivity index (χ4n) is 1.14. The van der Waals surface area contributed by atoms with Crippen LogP contribution in [0.1, 0.15) is 48.0 Å². The number of rotatable bonds is 5. The molecule has 0 amide bonds. The maximum atomic E-state index is 12.1. The van der Waals surface area contributed by atoms with Crippen LogP contribution in [0, 0.1) is 0 Å². The number of thiol groups is 1. The third-order valence-electron chi connectivity index (χ3n) is 1.69. The number of hydrogen-bond donors (Lipinski definition) is 1. The molecule has 0 N–H and O–H groups in total. The van der Waals surface area contributed by atoms with Gasteiger partial charge < -0.3 is 13.7 Å². The molecule has 0 bridgehead atoms. The average Bonchev–Trinajstić information content (AvgIpc) is 2.20. The summed E-state index contributed by atoms with van der Waals surface area (Å²) >= 11 is 4.01. The van der Waals surface area contributed by atoms with Crippen LogP contribution in [0.15, 0.2) is 0 Å². The number of carbonyl (C=O) groups is 3. The third kappa shape index (κ3) is 9.52. The van der Waals surface area contributed by atoms with E-state index in [1.165, 1.54) is 0 Å². The highest BCUT2D eigenvalue weighted by atomic mass is 33.1. The van der Waals surface area contributed by atoms with Crippen LogP contribution in [-0.2, 0) is 28.0 Å². The normalized spacial score (nSPS) is 14.0. The molecule has 0 heterocycles. The van der Waals surface area contributed by atoms with E-state index in [-0.39, 0.29) is 17.8 Å². The molecule has 0 saturated carbocycles. The molecule has 122 valence electrons. The third-order valence-corrected chi connectivity index (χ3v) is 3.61. The second kappa shape index (κ2) is 7.84. The molecule has 0 spiro atoms. The molecule has 0 aliphatic heterocycles. The van der Waals surface area contributed by atoms with Crippen molar-refractivity contribution in [1.82, 2.24) is 0 Å². The zero-order valence-electron chi connectivity index (χ0n) is 13.1. The zero-order valence-corrected chi connectivity index (χ0v) is 14.8. The molecule has 0 rings (SSSR count). The summed E-state index contributed by atoms with van der Waals surface area (Å²) in [6.07, 6.45) is -0.355. The van der Waals surface area contributed by atoms with Gasteiger partial charge in [-0.25, -0.2) is 4.79 Å². The van der Waals surface area contributed by atoms with Crippen LogP contribution in [0.2, 0.25) is 0 Å². The minimum Gasteiger partial charge on any atom is -0.460 e. The highest BCUT2D eigenvalue weighted by Crippen LogP contribution is 2.25. The van der Waals surface area contributed by atoms with E-state index in [4.69, 9.17) is 9.47 Å². The maximum Gasteiger partial charge on any atom is 0.344 e. The Bertz CT molecular complexity index is 443. The molecule has 0 aromatic carbocycles. The molecule has 6 nitrogen and oxygen atoms in total. The summed E-state index contributed by atoms with van der Waals surface area (Å²) in [6.45, 7) is 10.4. The van der Waals surface area contributed by atoms with Crippen LogP contribution in [-0.4, -0.2) is 34.5 Å². The predicted molar refractivity (Wildman–Crippen MR) is 85.0 cm³/mol. The Hall–Kier alpha value is -1.02. The number of ether oxygens (including phenoxy) is 2. The Morgan fingerprint density at radius 2 is 1.52 bits per heavy atom. The van der Waals surface area contributed by atoms with E-state index in [2.05, 4.69) is 15.8 Å². The lowest BCUT2D eigenvalue weighted by Crippen LogP contribution is -2.32. The summed E-state index contributed by atoms with van der Waals surface area (Å²) in [5, 5.41) is 0. The molecule has 0 aliphatic rings. The first-order valence-corrected chi connectivity index (χ1v) is 8.41. The molecule has 8 heteroatoms. The quantitative estimate of drug-likeness (QED) is 0.273. The molecular weight excluding hydrogens is 316 g/mol. The van der Waals surface area contributed by atoms with Crippen molar-refractivity contribution < 1.29 is 28.0 Å².